The van der Waals surface area contributed by atoms with Gasteiger partial charge in [-0.05, 0) is 31.2 Å². The number of hydrogen-bond donors (Lipinski definition) is 2. The number of aromatic nitrogens is 2. The Morgan fingerprint density at radius 3 is 2.38 bits per heavy atom. The Morgan fingerprint density at radius 2 is 1.79 bits per heavy atom. The van der Waals surface area contributed by atoms with Crippen LogP contribution in [-0.2, 0) is 4.79 Å². The van der Waals surface area contributed by atoms with Crippen molar-refractivity contribution < 1.29 is 24.2 Å². The zero-order chi connectivity index (χ0) is 20.6. The molecule has 0 atom stereocenters. The maximum absolute atomic E-state index is 13.2. The van der Waals surface area contributed by atoms with E-state index in [2.05, 4.69) is 5.10 Å². The molecule has 1 aliphatic rings. The van der Waals surface area contributed by atoms with E-state index in [-0.39, 0.29) is 31.8 Å². The number of likely N-dealkylation sites (tertiary alicyclic amines) is 1. The summed E-state index contributed by atoms with van der Waals surface area (Å²) in [6, 6.07) is 13.0. The molecule has 1 aromatic carbocycles. The van der Waals surface area contributed by atoms with Crippen LogP contribution in [0, 0.1) is 6.92 Å². The number of carboxylic acids is 1. The third-order valence-corrected chi connectivity index (χ3v) is 5.22. The molecule has 0 spiro atoms. The van der Waals surface area contributed by atoms with Crippen molar-refractivity contribution in [3.05, 3.63) is 60.0 Å². The maximum Gasteiger partial charge on any atom is 0.335 e. The van der Waals surface area contributed by atoms with Gasteiger partial charge in [0.1, 0.15) is 11.5 Å². The van der Waals surface area contributed by atoms with Crippen molar-refractivity contribution in [1.82, 2.24) is 14.7 Å². The topological polar surface area (TPSA) is 109 Å². The lowest BCUT2D eigenvalue weighted by atomic mass is 9.91. The van der Waals surface area contributed by atoms with Crippen molar-refractivity contribution in [2.24, 2.45) is 0 Å². The lowest BCUT2D eigenvalue weighted by Crippen LogP contribution is -2.50. The molecule has 3 aromatic rings. The van der Waals surface area contributed by atoms with Gasteiger partial charge in [0.05, 0.1) is 11.3 Å². The molecule has 1 amide bonds. The first-order valence-electron chi connectivity index (χ1n) is 9.34. The lowest BCUT2D eigenvalue weighted by Gasteiger charge is -2.35. The number of carbonyl (C=O) groups excluding carboxylic acids is 1. The Bertz CT molecular complexity index is 1050. The van der Waals surface area contributed by atoms with Gasteiger partial charge in [0.15, 0.2) is 11.4 Å². The van der Waals surface area contributed by atoms with Crippen LogP contribution in [0.1, 0.15) is 29.0 Å². The van der Waals surface area contributed by atoms with E-state index >= 15 is 0 Å². The third-order valence-electron chi connectivity index (χ3n) is 5.22. The summed E-state index contributed by atoms with van der Waals surface area (Å²) in [5.74, 6) is -0.339. The second kappa shape index (κ2) is 7.21. The number of aliphatic carboxylic acids is 1. The summed E-state index contributed by atoms with van der Waals surface area (Å²) in [4.78, 5) is 26.0. The molecule has 0 aliphatic carbocycles. The zero-order valence-electron chi connectivity index (χ0n) is 15.9. The fourth-order valence-corrected chi connectivity index (χ4v) is 3.45. The quantitative estimate of drug-likeness (QED) is 0.703. The molecular formula is C21H21N3O5. The maximum atomic E-state index is 13.2. The van der Waals surface area contributed by atoms with Crippen LogP contribution in [0.25, 0.3) is 17.1 Å². The molecule has 0 saturated carbocycles. The van der Waals surface area contributed by atoms with Crippen molar-refractivity contribution in [2.45, 2.75) is 25.4 Å². The lowest BCUT2D eigenvalue weighted by molar-refractivity contribution is -0.162. The monoisotopic (exact) mass is 395 g/mol. The second-order valence-corrected chi connectivity index (χ2v) is 7.21. The molecule has 8 heteroatoms. The summed E-state index contributed by atoms with van der Waals surface area (Å²) >= 11 is 0. The fraction of sp³-hybridized carbons (Fsp3) is 0.286. The van der Waals surface area contributed by atoms with Gasteiger partial charge in [-0.3, -0.25) is 4.79 Å². The van der Waals surface area contributed by atoms with E-state index in [0.29, 0.717) is 22.8 Å². The first kappa shape index (κ1) is 18.9. The average molecular weight is 395 g/mol. The number of nitrogens with zero attached hydrogens (tertiary/aromatic N) is 3. The van der Waals surface area contributed by atoms with Crippen molar-refractivity contribution in [1.29, 1.82) is 0 Å². The Hall–Kier alpha value is -3.39. The molecule has 3 heterocycles. The fourth-order valence-electron chi connectivity index (χ4n) is 3.45. The van der Waals surface area contributed by atoms with Crippen LogP contribution in [0.4, 0.5) is 0 Å². The van der Waals surface area contributed by atoms with Crippen LogP contribution < -0.4 is 0 Å². The number of aliphatic hydroxyl groups is 1. The Labute approximate surface area is 167 Å². The van der Waals surface area contributed by atoms with E-state index in [4.69, 9.17) is 4.42 Å². The largest absolute Gasteiger partial charge is 0.479 e. The minimum atomic E-state index is -1.79. The van der Waals surface area contributed by atoms with E-state index in [1.54, 1.807) is 27.9 Å². The number of benzene rings is 1. The van der Waals surface area contributed by atoms with Gasteiger partial charge in [-0.1, -0.05) is 18.2 Å². The number of hydrogen-bond acceptors (Lipinski definition) is 5. The Balaban J connectivity index is 1.68. The van der Waals surface area contributed by atoms with E-state index in [1.807, 2.05) is 37.3 Å². The molecule has 0 bridgehead atoms. The molecule has 1 aliphatic heterocycles. The first-order chi connectivity index (χ1) is 13.9. The summed E-state index contributed by atoms with van der Waals surface area (Å²) < 4.78 is 7.32. The molecule has 0 radical (unpaired) electrons. The van der Waals surface area contributed by atoms with E-state index in [0.717, 1.165) is 5.69 Å². The predicted octanol–water partition coefficient (Wildman–Crippen LogP) is 2.49. The van der Waals surface area contributed by atoms with Crippen LogP contribution in [0.2, 0.25) is 0 Å². The number of furan rings is 1. The Kier molecular flexibility index (Phi) is 4.71. The highest BCUT2D eigenvalue weighted by molar-refractivity contribution is 5.99. The summed E-state index contributed by atoms with van der Waals surface area (Å²) in [6.45, 7) is 2.11. The molecule has 1 saturated heterocycles. The predicted molar refractivity (Wildman–Crippen MR) is 104 cm³/mol. The van der Waals surface area contributed by atoms with Gasteiger partial charge in [-0.15, -0.1) is 0 Å². The van der Waals surface area contributed by atoms with Gasteiger partial charge in [-0.25, -0.2) is 9.48 Å². The Morgan fingerprint density at radius 1 is 1.10 bits per heavy atom. The number of para-hydroxylation sites is 1. The van der Waals surface area contributed by atoms with E-state index in [9.17, 15) is 19.8 Å². The highest BCUT2D eigenvalue weighted by Gasteiger charge is 2.41. The van der Waals surface area contributed by atoms with Crippen LogP contribution in [0.5, 0.6) is 0 Å². The zero-order valence-corrected chi connectivity index (χ0v) is 15.9. The van der Waals surface area contributed by atoms with Gasteiger partial charge in [0.25, 0.3) is 5.91 Å². The first-order valence-corrected chi connectivity index (χ1v) is 9.34. The average Bonchev–Trinajstić information content (AvgIpc) is 3.35. The summed E-state index contributed by atoms with van der Waals surface area (Å²) in [6.07, 6.45) is 1.62. The minimum Gasteiger partial charge on any atom is -0.479 e. The van der Waals surface area contributed by atoms with E-state index < -0.39 is 11.6 Å². The molecular weight excluding hydrogens is 374 g/mol. The molecule has 1 fully saturated rings. The normalized spacial score (nSPS) is 16.0. The van der Waals surface area contributed by atoms with Gasteiger partial charge >= 0.3 is 5.97 Å². The number of aryl methyl sites for hydroxylation is 1. The molecule has 4 rings (SSSR count). The molecule has 0 unspecified atom stereocenters. The minimum absolute atomic E-state index is 0.0178. The van der Waals surface area contributed by atoms with Gasteiger partial charge in [0, 0.05) is 32.1 Å². The van der Waals surface area contributed by atoms with Crippen molar-refractivity contribution in [3.63, 3.8) is 0 Å². The molecule has 150 valence electrons. The van der Waals surface area contributed by atoms with Crippen LogP contribution in [-0.4, -0.2) is 55.5 Å². The summed E-state index contributed by atoms with van der Waals surface area (Å²) in [7, 11) is 0. The molecule has 2 N–H and O–H groups in total. The molecule has 8 nitrogen and oxygen atoms in total. The third kappa shape index (κ3) is 3.54. The molecule has 2 aromatic heterocycles. The molecule has 29 heavy (non-hydrogen) atoms. The number of amides is 1. The highest BCUT2D eigenvalue weighted by Crippen LogP contribution is 2.29. The number of rotatable bonds is 4. The number of carbonyl (C=O) groups is 2. The van der Waals surface area contributed by atoms with Gasteiger partial charge in [0.2, 0.25) is 0 Å². The standard InChI is InChI=1S/C21H21N3O5/c1-14-7-8-17(29-14)18-16(13-24(22-18)15-5-3-2-4-6-15)19(25)23-11-9-21(28,10-12-23)20(26)27/h2-8,13,28H,9-12H2,1H3,(H,26,27). The van der Waals surface area contributed by atoms with Gasteiger partial charge in [-0.2, -0.15) is 5.10 Å². The van der Waals surface area contributed by atoms with Gasteiger partial charge < -0.3 is 19.5 Å². The van der Waals surface area contributed by atoms with Crippen molar-refractivity contribution in [2.75, 3.05) is 13.1 Å². The van der Waals surface area contributed by atoms with Crippen LogP contribution in [0.15, 0.2) is 53.1 Å². The van der Waals surface area contributed by atoms with Crippen LogP contribution >= 0.6 is 0 Å². The second-order valence-electron chi connectivity index (χ2n) is 7.21. The SMILES string of the molecule is Cc1ccc(-c2nn(-c3ccccc3)cc2C(=O)N2CCC(O)(C(=O)O)CC2)o1. The smallest absolute Gasteiger partial charge is 0.335 e. The highest BCUT2D eigenvalue weighted by atomic mass is 16.4. The summed E-state index contributed by atoms with van der Waals surface area (Å²) in [5, 5.41) is 23.9. The van der Waals surface area contributed by atoms with Crippen molar-refractivity contribution >= 4 is 11.9 Å². The van der Waals surface area contributed by atoms with Crippen LogP contribution in [0.3, 0.4) is 0 Å². The number of piperidine rings is 1. The number of carboxylic acid groups (broad SMARTS) is 1. The summed E-state index contributed by atoms with van der Waals surface area (Å²) in [5.41, 5.74) is -0.198. The van der Waals surface area contributed by atoms with Crippen molar-refractivity contribution in [3.8, 4) is 17.1 Å². The van der Waals surface area contributed by atoms with E-state index in [1.165, 1.54) is 0 Å².